The van der Waals surface area contributed by atoms with Gasteiger partial charge in [-0.25, -0.2) is 0 Å². The van der Waals surface area contributed by atoms with Crippen LogP contribution in [0, 0.1) is 0 Å². The molecule has 3 heteroatoms. The van der Waals surface area contributed by atoms with Crippen molar-refractivity contribution >= 4 is 33.8 Å². The Kier molecular flexibility index (Phi) is 8.59. The molecule has 0 aliphatic rings. The fourth-order valence-electron chi connectivity index (χ4n) is 1.13. The number of halogens is 1. The summed E-state index contributed by atoms with van der Waals surface area (Å²) in [6.07, 6.45) is 2.99. The summed E-state index contributed by atoms with van der Waals surface area (Å²) in [5.41, 5.74) is 0. The van der Waals surface area contributed by atoms with E-state index in [0.717, 1.165) is 19.3 Å². The Labute approximate surface area is 89.2 Å². The molecule has 0 aromatic heterocycles. The van der Waals surface area contributed by atoms with E-state index in [1.54, 1.807) is 16.9 Å². The Hall–Kier alpha value is 0.998. The van der Waals surface area contributed by atoms with Gasteiger partial charge in [-0.15, -0.1) is 17.0 Å². The molecule has 0 amide bonds. The van der Waals surface area contributed by atoms with Crippen molar-refractivity contribution in [1.82, 2.24) is 0 Å². The number of rotatable bonds is 4. The first-order valence-corrected chi connectivity index (χ1v) is 5.28. The van der Waals surface area contributed by atoms with Gasteiger partial charge in [0.05, 0.1) is 0 Å². The predicted octanol–water partition coefficient (Wildman–Crippen LogP) is 1.95. The zero-order valence-electron chi connectivity index (χ0n) is 7.63. The minimum absolute atomic E-state index is 0. The molecule has 0 fully saturated rings. The summed E-state index contributed by atoms with van der Waals surface area (Å²) >= 11 is 1.69. The van der Waals surface area contributed by atoms with Crippen LogP contribution >= 0.6 is 17.0 Å². The molecule has 0 radical (unpaired) electrons. The maximum absolute atomic E-state index is 9.59. The summed E-state index contributed by atoms with van der Waals surface area (Å²) in [5.74, 6) is 0. The second kappa shape index (κ2) is 6.51. The summed E-state index contributed by atoms with van der Waals surface area (Å²) in [5, 5.41) is 9.59. The number of aliphatic hydroxyl groups excluding tert-OH is 1. The summed E-state index contributed by atoms with van der Waals surface area (Å²) in [6.45, 7) is 6.36. The standard InChI is InChI=1S/C8H19AsO.BrH/c1-4-7(10)8(9,5-2)6-3;/h7,10H,4-6,9H2,1-3H3;1H. The van der Waals surface area contributed by atoms with Crippen molar-refractivity contribution in [3.05, 3.63) is 0 Å². The van der Waals surface area contributed by atoms with Gasteiger partial charge in [0.15, 0.2) is 0 Å². The third-order valence-corrected chi connectivity index (χ3v) is 4.89. The fourth-order valence-corrected chi connectivity index (χ4v) is 1.62. The van der Waals surface area contributed by atoms with Gasteiger partial charge in [-0.05, 0) is 0 Å². The second-order valence-corrected chi connectivity index (χ2v) is 5.28. The van der Waals surface area contributed by atoms with Crippen LogP contribution in [0.5, 0.6) is 0 Å². The Bertz CT molecular complexity index is 94.1. The van der Waals surface area contributed by atoms with Gasteiger partial charge in [0.1, 0.15) is 0 Å². The molecule has 11 heavy (non-hydrogen) atoms. The first-order chi connectivity index (χ1) is 4.60. The van der Waals surface area contributed by atoms with Gasteiger partial charge in [-0.2, -0.15) is 0 Å². The van der Waals surface area contributed by atoms with E-state index in [4.69, 9.17) is 0 Å². The average Bonchev–Trinajstić information content (AvgIpc) is 2.01. The first kappa shape index (κ1) is 14.5. The second-order valence-electron chi connectivity index (χ2n) is 2.86. The molecule has 0 saturated heterocycles. The van der Waals surface area contributed by atoms with Crippen molar-refractivity contribution in [2.24, 2.45) is 0 Å². The molecular weight excluding hydrogens is 267 g/mol. The van der Waals surface area contributed by atoms with Crippen LogP contribution < -0.4 is 0 Å². The fraction of sp³-hybridized carbons (Fsp3) is 1.00. The molecular formula is C8H20AsBrO. The third kappa shape index (κ3) is 3.96. The summed E-state index contributed by atoms with van der Waals surface area (Å²) in [7, 11) is 0. The molecule has 1 nitrogen and oxygen atoms in total. The molecule has 0 spiro atoms. The summed E-state index contributed by atoms with van der Waals surface area (Å²) < 4.78 is 0.210. The van der Waals surface area contributed by atoms with Crippen molar-refractivity contribution in [2.45, 2.75) is 50.3 Å². The molecule has 0 rings (SSSR count). The summed E-state index contributed by atoms with van der Waals surface area (Å²) in [6, 6.07) is 0. The molecule has 2 unspecified atom stereocenters. The van der Waals surface area contributed by atoms with Crippen LogP contribution in [-0.2, 0) is 0 Å². The Morgan fingerprint density at radius 3 is 1.73 bits per heavy atom. The SMILES string of the molecule is Br.CCC(O)C([AsH2])(CC)CC. The van der Waals surface area contributed by atoms with Crippen LogP contribution in [0.15, 0.2) is 0 Å². The van der Waals surface area contributed by atoms with Crippen molar-refractivity contribution < 1.29 is 5.11 Å². The van der Waals surface area contributed by atoms with Gasteiger partial charge in [-0.3, -0.25) is 0 Å². The molecule has 70 valence electrons. The monoisotopic (exact) mass is 286 g/mol. The third-order valence-electron chi connectivity index (χ3n) is 2.37. The van der Waals surface area contributed by atoms with Gasteiger partial charge >= 0.3 is 72.3 Å². The van der Waals surface area contributed by atoms with Crippen LogP contribution in [0.2, 0.25) is 4.20 Å². The van der Waals surface area contributed by atoms with Gasteiger partial charge < -0.3 is 0 Å². The Morgan fingerprint density at radius 1 is 1.27 bits per heavy atom. The Morgan fingerprint density at radius 2 is 1.64 bits per heavy atom. The minimum atomic E-state index is -0.0949. The van der Waals surface area contributed by atoms with Crippen LogP contribution in [0.25, 0.3) is 0 Å². The normalized spacial score (nSPS) is 13.9. The van der Waals surface area contributed by atoms with Gasteiger partial charge in [0, 0.05) is 0 Å². The molecule has 1 N–H and O–H groups in total. The van der Waals surface area contributed by atoms with Gasteiger partial charge in [0.2, 0.25) is 0 Å². The van der Waals surface area contributed by atoms with E-state index in [9.17, 15) is 5.11 Å². The van der Waals surface area contributed by atoms with E-state index in [0.29, 0.717) is 0 Å². The van der Waals surface area contributed by atoms with Crippen LogP contribution in [0.1, 0.15) is 40.0 Å². The van der Waals surface area contributed by atoms with E-state index in [1.807, 2.05) is 6.92 Å². The molecule has 0 aromatic rings. The van der Waals surface area contributed by atoms with E-state index < -0.39 is 0 Å². The first-order valence-electron chi connectivity index (χ1n) is 4.07. The van der Waals surface area contributed by atoms with Crippen molar-refractivity contribution in [3.63, 3.8) is 0 Å². The van der Waals surface area contributed by atoms with E-state index >= 15 is 0 Å². The van der Waals surface area contributed by atoms with E-state index in [-0.39, 0.29) is 27.3 Å². The Balaban J connectivity index is 0. The zero-order valence-corrected chi connectivity index (χ0v) is 11.8. The van der Waals surface area contributed by atoms with Crippen LogP contribution in [-0.4, -0.2) is 28.1 Å². The van der Waals surface area contributed by atoms with Gasteiger partial charge in [-0.1, -0.05) is 0 Å². The number of aliphatic hydroxyl groups is 1. The van der Waals surface area contributed by atoms with E-state index in [2.05, 4.69) is 13.8 Å². The van der Waals surface area contributed by atoms with Crippen LogP contribution in [0.4, 0.5) is 0 Å². The molecule has 0 saturated carbocycles. The molecule has 0 heterocycles. The predicted molar refractivity (Wildman–Crippen MR) is 58.4 cm³/mol. The molecule has 0 aromatic carbocycles. The zero-order chi connectivity index (χ0) is 8.20. The number of hydrogen-bond acceptors (Lipinski definition) is 1. The molecule has 0 aliphatic carbocycles. The van der Waals surface area contributed by atoms with Crippen molar-refractivity contribution in [1.29, 1.82) is 0 Å². The topological polar surface area (TPSA) is 20.2 Å². The van der Waals surface area contributed by atoms with Gasteiger partial charge in [0.25, 0.3) is 0 Å². The molecule has 0 bridgehead atoms. The maximum atomic E-state index is 9.59. The molecule has 0 aliphatic heterocycles. The van der Waals surface area contributed by atoms with Crippen molar-refractivity contribution in [3.8, 4) is 0 Å². The van der Waals surface area contributed by atoms with E-state index in [1.165, 1.54) is 0 Å². The number of hydrogen-bond donors (Lipinski definition) is 1. The van der Waals surface area contributed by atoms with Crippen molar-refractivity contribution in [2.75, 3.05) is 0 Å². The average molecular weight is 287 g/mol. The summed E-state index contributed by atoms with van der Waals surface area (Å²) in [4.78, 5) is 0. The molecule has 2 atom stereocenters. The quantitative estimate of drug-likeness (QED) is 0.784. The van der Waals surface area contributed by atoms with Crippen LogP contribution in [0.3, 0.4) is 0 Å².